The summed E-state index contributed by atoms with van der Waals surface area (Å²) >= 11 is 0. The number of carboxylic acids is 1. The summed E-state index contributed by atoms with van der Waals surface area (Å²) in [5.41, 5.74) is 0.660. The summed E-state index contributed by atoms with van der Waals surface area (Å²) in [5.74, 6) is 0.856. The zero-order valence-electron chi connectivity index (χ0n) is 21.8. The van der Waals surface area contributed by atoms with Crippen molar-refractivity contribution >= 4 is 18.3 Å². The molecule has 0 atom stereocenters. The van der Waals surface area contributed by atoms with E-state index < -0.39 is 5.97 Å². The van der Waals surface area contributed by atoms with Gasteiger partial charge in [0.25, 0.3) is 0 Å². The third-order valence-corrected chi connectivity index (χ3v) is 5.21. The van der Waals surface area contributed by atoms with Crippen LogP contribution in [0.3, 0.4) is 0 Å². The number of carbonyl (C=O) groups is 2. The molecule has 1 aliphatic heterocycles. The highest BCUT2D eigenvalue weighted by Crippen LogP contribution is 2.22. The lowest BCUT2D eigenvalue weighted by atomic mass is 10.0. The first-order valence-electron chi connectivity index (χ1n) is 11.6. The summed E-state index contributed by atoms with van der Waals surface area (Å²) in [5, 5.41) is 25.7. The zero-order chi connectivity index (χ0) is 27.5. The van der Waals surface area contributed by atoms with Crippen LogP contribution in [-0.4, -0.2) is 96.2 Å². The van der Waals surface area contributed by atoms with E-state index in [2.05, 4.69) is 47.4 Å². The van der Waals surface area contributed by atoms with Gasteiger partial charge in [0, 0.05) is 57.5 Å². The fourth-order valence-electron chi connectivity index (χ4n) is 3.22. The molecule has 3 rings (SSSR count). The molecule has 0 amide bonds. The Morgan fingerprint density at radius 2 is 1.78 bits per heavy atom. The Hall–Kier alpha value is -3.28. The number of piperidine rings is 1. The molecule has 11 nitrogen and oxygen atoms in total. The van der Waals surface area contributed by atoms with Gasteiger partial charge >= 0.3 is 12.0 Å². The zero-order valence-corrected chi connectivity index (χ0v) is 21.8. The molecule has 11 heteroatoms. The molecule has 36 heavy (non-hydrogen) atoms. The van der Waals surface area contributed by atoms with Gasteiger partial charge in [-0.2, -0.15) is 4.98 Å². The second-order valence-corrected chi connectivity index (χ2v) is 7.87. The molecule has 2 aromatic rings. The predicted octanol–water partition coefficient (Wildman–Crippen LogP) is 2.46. The third-order valence-electron chi connectivity index (χ3n) is 5.21. The molecule has 1 aromatic heterocycles. The SMILES string of the molecule is C=CC(=O)O.CC(C)c1noc(N2CCC(N(C)CCOc3ccc(C=O)cc3)CC2)n1.CO.CO. The quantitative estimate of drug-likeness (QED) is 0.338. The van der Waals surface area contributed by atoms with Gasteiger partial charge in [0.05, 0.1) is 0 Å². The van der Waals surface area contributed by atoms with E-state index in [9.17, 15) is 9.59 Å². The van der Waals surface area contributed by atoms with Crippen molar-refractivity contribution in [3.63, 3.8) is 0 Å². The van der Waals surface area contributed by atoms with E-state index in [0.29, 0.717) is 24.2 Å². The van der Waals surface area contributed by atoms with Gasteiger partial charge in [-0.25, -0.2) is 4.79 Å². The van der Waals surface area contributed by atoms with Gasteiger partial charge in [-0.3, -0.25) is 9.69 Å². The molecular formula is C25H40N4O7. The molecule has 0 spiro atoms. The summed E-state index contributed by atoms with van der Waals surface area (Å²) < 4.78 is 11.2. The Bertz CT molecular complexity index is 864. The van der Waals surface area contributed by atoms with Crippen molar-refractivity contribution in [2.24, 2.45) is 0 Å². The van der Waals surface area contributed by atoms with Gasteiger partial charge in [-0.05, 0) is 44.2 Å². The largest absolute Gasteiger partial charge is 0.492 e. The van der Waals surface area contributed by atoms with Gasteiger partial charge < -0.3 is 29.5 Å². The van der Waals surface area contributed by atoms with Crippen LogP contribution in [0.15, 0.2) is 41.4 Å². The highest BCUT2D eigenvalue weighted by Gasteiger charge is 2.25. The molecule has 1 fully saturated rings. The van der Waals surface area contributed by atoms with E-state index in [-0.39, 0.29) is 5.92 Å². The number of aliphatic carboxylic acids is 1. The Morgan fingerprint density at radius 1 is 1.22 bits per heavy atom. The average Bonchev–Trinajstić information content (AvgIpc) is 3.43. The predicted molar refractivity (Wildman–Crippen MR) is 138 cm³/mol. The van der Waals surface area contributed by atoms with E-state index in [1.807, 2.05) is 12.1 Å². The summed E-state index contributed by atoms with van der Waals surface area (Å²) in [6, 6.07) is 8.36. The van der Waals surface area contributed by atoms with Crippen LogP contribution in [0.4, 0.5) is 6.01 Å². The summed E-state index contributed by atoms with van der Waals surface area (Å²) in [6.45, 7) is 10.4. The lowest BCUT2D eigenvalue weighted by molar-refractivity contribution is -0.131. The molecule has 1 aromatic carbocycles. The van der Waals surface area contributed by atoms with E-state index in [1.165, 1.54) is 0 Å². The van der Waals surface area contributed by atoms with Crippen LogP contribution < -0.4 is 9.64 Å². The molecule has 0 saturated carbocycles. The minimum absolute atomic E-state index is 0.279. The number of hydrogen-bond acceptors (Lipinski definition) is 10. The molecule has 0 unspecified atom stereocenters. The number of benzene rings is 1. The van der Waals surface area contributed by atoms with Crippen molar-refractivity contribution in [3.05, 3.63) is 48.3 Å². The Labute approximate surface area is 213 Å². The number of carbonyl (C=O) groups excluding carboxylic acids is 1. The van der Waals surface area contributed by atoms with Crippen LogP contribution >= 0.6 is 0 Å². The Morgan fingerprint density at radius 3 is 2.22 bits per heavy atom. The first kappa shape index (κ1) is 32.7. The third kappa shape index (κ3) is 11.9. The molecule has 0 radical (unpaired) electrons. The number of hydrogen-bond donors (Lipinski definition) is 3. The second-order valence-electron chi connectivity index (χ2n) is 7.87. The number of ether oxygens (including phenoxy) is 1. The first-order valence-corrected chi connectivity index (χ1v) is 11.6. The van der Waals surface area contributed by atoms with Crippen molar-refractivity contribution in [2.45, 2.75) is 38.6 Å². The van der Waals surface area contributed by atoms with Gasteiger partial charge in [-0.15, -0.1) is 0 Å². The highest BCUT2D eigenvalue weighted by atomic mass is 16.5. The molecule has 0 bridgehead atoms. The fraction of sp³-hybridized carbons (Fsp3) is 0.520. The van der Waals surface area contributed by atoms with Crippen molar-refractivity contribution in [3.8, 4) is 5.75 Å². The second kappa shape index (κ2) is 19.0. The number of anilines is 1. The van der Waals surface area contributed by atoms with Gasteiger partial charge in [0.2, 0.25) is 0 Å². The number of aromatic nitrogens is 2. The van der Waals surface area contributed by atoms with E-state index in [4.69, 9.17) is 24.6 Å². The van der Waals surface area contributed by atoms with Crippen LogP contribution in [0.1, 0.15) is 48.8 Å². The number of rotatable bonds is 9. The van der Waals surface area contributed by atoms with Crippen LogP contribution in [0, 0.1) is 0 Å². The molecular weight excluding hydrogens is 468 g/mol. The number of carboxylic acid groups (broad SMARTS) is 1. The number of likely N-dealkylation sites (N-methyl/N-ethyl adjacent to an activating group) is 1. The normalized spacial score (nSPS) is 12.9. The number of aliphatic hydroxyl groups excluding tert-OH is 2. The number of aliphatic hydroxyl groups is 2. The topological polar surface area (TPSA) is 149 Å². The Kier molecular flexibility index (Phi) is 17.2. The lowest BCUT2D eigenvalue weighted by Crippen LogP contribution is -2.44. The van der Waals surface area contributed by atoms with Crippen LogP contribution in [-0.2, 0) is 4.79 Å². The maximum atomic E-state index is 10.7. The van der Waals surface area contributed by atoms with Crippen molar-refractivity contribution in [1.82, 2.24) is 15.0 Å². The minimum atomic E-state index is -0.981. The van der Waals surface area contributed by atoms with Crippen LogP contribution in [0.25, 0.3) is 0 Å². The monoisotopic (exact) mass is 508 g/mol. The molecule has 1 saturated heterocycles. The summed E-state index contributed by atoms with van der Waals surface area (Å²) in [4.78, 5) is 28.9. The lowest BCUT2D eigenvalue weighted by Gasteiger charge is -2.35. The fourth-order valence-corrected chi connectivity index (χ4v) is 3.22. The molecule has 3 N–H and O–H groups in total. The van der Waals surface area contributed by atoms with Gasteiger partial charge in [-0.1, -0.05) is 25.6 Å². The summed E-state index contributed by atoms with van der Waals surface area (Å²) in [7, 11) is 4.14. The van der Waals surface area contributed by atoms with Crippen LogP contribution in [0.5, 0.6) is 5.75 Å². The van der Waals surface area contributed by atoms with Crippen LogP contribution in [0.2, 0.25) is 0 Å². The first-order chi connectivity index (χ1) is 17.3. The molecule has 0 aliphatic carbocycles. The van der Waals surface area contributed by atoms with E-state index in [1.54, 1.807) is 12.1 Å². The average molecular weight is 509 g/mol. The minimum Gasteiger partial charge on any atom is -0.492 e. The van der Waals surface area contributed by atoms with Gasteiger partial charge in [0.15, 0.2) is 5.82 Å². The smallest absolute Gasteiger partial charge is 0.327 e. The Balaban J connectivity index is 0.00000119. The van der Waals surface area contributed by atoms with Crippen molar-refractivity contribution < 1.29 is 34.2 Å². The highest BCUT2D eigenvalue weighted by molar-refractivity contribution is 5.78. The molecule has 202 valence electrons. The van der Waals surface area contributed by atoms with Crippen molar-refractivity contribution in [1.29, 1.82) is 0 Å². The van der Waals surface area contributed by atoms with Gasteiger partial charge in [0.1, 0.15) is 18.6 Å². The summed E-state index contributed by atoms with van der Waals surface area (Å²) in [6.07, 6.45) is 3.79. The number of nitrogens with zero attached hydrogens (tertiary/aromatic N) is 4. The standard InChI is InChI=1S/C20H28N4O3.C3H4O2.2CH4O/c1-15(2)19-21-20(27-22-19)24-10-8-17(9-11-24)23(3)12-13-26-18-6-4-16(14-25)5-7-18;1-2-3(4)5;2*1-2/h4-7,14-15,17H,8-13H2,1-3H3;2H,1H2,(H,4,5);2*2H,1H3. The maximum absolute atomic E-state index is 10.7. The van der Waals surface area contributed by atoms with E-state index >= 15 is 0 Å². The maximum Gasteiger partial charge on any atom is 0.327 e. The molecule has 1 aliphatic rings. The number of aldehydes is 1. The van der Waals surface area contributed by atoms with E-state index in [0.717, 1.165) is 70.6 Å². The molecule has 2 heterocycles. The van der Waals surface area contributed by atoms with Crippen molar-refractivity contribution in [2.75, 3.05) is 52.4 Å².